The minimum absolute atomic E-state index is 0.0896. The van der Waals surface area contributed by atoms with Crippen LogP contribution in [-0.2, 0) is 17.8 Å². The SMILES string of the molecule is CCSc1ccccc1C(=O)Nc1ccc2c(c1)CN(C(=O)C1CC1)CC2. The molecule has 4 nitrogen and oxygen atoms in total. The van der Waals surface area contributed by atoms with Crippen LogP contribution in [0.15, 0.2) is 47.4 Å². The number of amides is 2. The Labute approximate surface area is 164 Å². The van der Waals surface area contributed by atoms with Crippen molar-refractivity contribution in [1.82, 2.24) is 4.90 Å². The highest BCUT2D eigenvalue weighted by atomic mass is 32.2. The molecule has 2 aliphatic rings. The van der Waals surface area contributed by atoms with Gasteiger partial charge in [-0.1, -0.05) is 25.1 Å². The quantitative estimate of drug-likeness (QED) is 0.785. The van der Waals surface area contributed by atoms with Crippen molar-refractivity contribution >= 4 is 29.3 Å². The predicted molar refractivity (Wildman–Crippen MR) is 109 cm³/mol. The first-order chi connectivity index (χ1) is 13.2. The maximum atomic E-state index is 12.8. The molecular weight excluding hydrogens is 356 g/mol. The summed E-state index contributed by atoms with van der Waals surface area (Å²) in [7, 11) is 0. The van der Waals surface area contributed by atoms with E-state index in [2.05, 4.69) is 18.3 Å². The number of carbonyl (C=O) groups excluding carboxylic acids is 2. The summed E-state index contributed by atoms with van der Waals surface area (Å²) < 4.78 is 0. The minimum atomic E-state index is -0.0896. The molecule has 2 amide bonds. The second-order valence-corrected chi connectivity index (χ2v) is 8.46. The van der Waals surface area contributed by atoms with E-state index < -0.39 is 0 Å². The van der Waals surface area contributed by atoms with Crippen molar-refractivity contribution in [1.29, 1.82) is 0 Å². The van der Waals surface area contributed by atoms with Gasteiger partial charge in [-0.2, -0.15) is 0 Å². The van der Waals surface area contributed by atoms with Crippen molar-refractivity contribution < 1.29 is 9.59 Å². The second-order valence-electron chi connectivity index (χ2n) is 7.15. The third-order valence-electron chi connectivity index (χ3n) is 5.15. The molecule has 4 rings (SSSR count). The zero-order valence-electron chi connectivity index (χ0n) is 15.5. The van der Waals surface area contributed by atoms with E-state index in [-0.39, 0.29) is 11.8 Å². The average molecular weight is 381 g/mol. The predicted octanol–water partition coefficient (Wildman–Crippen LogP) is 4.35. The molecule has 5 heteroatoms. The van der Waals surface area contributed by atoms with Crippen molar-refractivity contribution in [2.45, 2.75) is 37.6 Å². The zero-order valence-corrected chi connectivity index (χ0v) is 16.3. The third-order valence-corrected chi connectivity index (χ3v) is 6.10. The Balaban J connectivity index is 1.50. The smallest absolute Gasteiger partial charge is 0.256 e. The van der Waals surface area contributed by atoms with Gasteiger partial charge in [0, 0.05) is 29.6 Å². The van der Waals surface area contributed by atoms with E-state index in [0.717, 1.165) is 47.7 Å². The average Bonchev–Trinajstić information content (AvgIpc) is 3.53. The molecule has 27 heavy (non-hydrogen) atoms. The van der Waals surface area contributed by atoms with E-state index in [4.69, 9.17) is 0 Å². The monoisotopic (exact) mass is 380 g/mol. The molecule has 1 saturated carbocycles. The van der Waals surface area contributed by atoms with E-state index in [1.807, 2.05) is 41.3 Å². The van der Waals surface area contributed by atoms with Crippen molar-refractivity contribution in [2.75, 3.05) is 17.6 Å². The number of anilines is 1. The Hall–Kier alpha value is -2.27. The van der Waals surface area contributed by atoms with Crippen LogP contribution in [0.3, 0.4) is 0 Å². The standard InChI is InChI=1S/C22H24N2O2S/c1-2-27-20-6-4-3-5-19(20)21(25)23-18-10-9-15-11-12-24(14-17(15)13-18)22(26)16-7-8-16/h3-6,9-10,13,16H,2,7-8,11-12,14H2,1H3,(H,23,25). The van der Waals surface area contributed by atoms with Crippen LogP contribution in [0.4, 0.5) is 5.69 Å². The molecule has 2 aromatic rings. The molecule has 1 aliphatic carbocycles. The normalized spacial score (nSPS) is 16.0. The molecule has 0 radical (unpaired) electrons. The lowest BCUT2D eigenvalue weighted by atomic mass is 9.98. The van der Waals surface area contributed by atoms with Crippen LogP contribution in [-0.4, -0.2) is 29.0 Å². The molecule has 0 atom stereocenters. The highest BCUT2D eigenvalue weighted by Gasteiger charge is 2.34. The van der Waals surface area contributed by atoms with E-state index in [9.17, 15) is 9.59 Å². The fourth-order valence-electron chi connectivity index (χ4n) is 3.55. The number of hydrogen-bond acceptors (Lipinski definition) is 3. The van der Waals surface area contributed by atoms with Crippen LogP contribution < -0.4 is 5.32 Å². The van der Waals surface area contributed by atoms with Gasteiger partial charge in [0.05, 0.1) is 5.56 Å². The number of nitrogens with zero attached hydrogens (tertiary/aromatic N) is 1. The maximum Gasteiger partial charge on any atom is 0.256 e. The molecule has 1 fully saturated rings. The number of hydrogen-bond donors (Lipinski definition) is 1. The van der Waals surface area contributed by atoms with Crippen molar-refractivity contribution in [2.24, 2.45) is 5.92 Å². The topological polar surface area (TPSA) is 49.4 Å². The number of nitrogens with one attached hydrogen (secondary N) is 1. The summed E-state index contributed by atoms with van der Waals surface area (Å²) in [5.74, 6) is 1.38. The van der Waals surface area contributed by atoms with Gasteiger partial charge in [0.25, 0.3) is 5.91 Å². The fourth-order valence-corrected chi connectivity index (χ4v) is 4.35. The summed E-state index contributed by atoms with van der Waals surface area (Å²) in [5.41, 5.74) is 3.91. The Morgan fingerprint density at radius 1 is 1.15 bits per heavy atom. The highest BCUT2D eigenvalue weighted by molar-refractivity contribution is 7.99. The van der Waals surface area contributed by atoms with Gasteiger partial charge in [-0.3, -0.25) is 9.59 Å². The molecular formula is C22H24N2O2S. The van der Waals surface area contributed by atoms with E-state index in [1.165, 1.54) is 5.56 Å². The summed E-state index contributed by atoms with van der Waals surface area (Å²) >= 11 is 1.67. The minimum Gasteiger partial charge on any atom is -0.338 e. The maximum absolute atomic E-state index is 12.8. The number of rotatable bonds is 5. The van der Waals surface area contributed by atoms with Crippen LogP contribution in [0.5, 0.6) is 0 Å². The van der Waals surface area contributed by atoms with Gasteiger partial charge >= 0.3 is 0 Å². The highest BCUT2D eigenvalue weighted by Crippen LogP contribution is 2.33. The number of carbonyl (C=O) groups is 2. The van der Waals surface area contributed by atoms with Gasteiger partial charge < -0.3 is 10.2 Å². The number of thioether (sulfide) groups is 1. The molecule has 1 N–H and O–H groups in total. The van der Waals surface area contributed by atoms with Gasteiger partial charge in [0.1, 0.15) is 0 Å². The van der Waals surface area contributed by atoms with Gasteiger partial charge in [0.2, 0.25) is 5.91 Å². The molecule has 0 saturated heterocycles. The van der Waals surface area contributed by atoms with Crippen LogP contribution in [0, 0.1) is 5.92 Å². The Morgan fingerprint density at radius 3 is 2.74 bits per heavy atom. The van der Waals surface area contributed by atoms with Crippen LogP contribution >= 0.6 is 11.8 Å². The van der Waals surface area contributed by atoms with E-state index >= 15 is 0 Å². The molecule has 1 heterocycles. The van der Waals surface area contributed by atoms with E-state index in [0.29, 0.717) is 18.0 Å². The Morgan fingerprint density at radius 2 is 1.96 bits per heavy atom. The molecule has 140 valence electrons. The van der Waals surface area contributed by atoms with Gasteiger partial charge in [-0.15, -0.1) is 11.8 Å². The third kappa shape index (κ3) is 4.03. The first-order valence-electron chi connectivity index (χ1n) is 9.59. The summed E-state index contributed by atoms with van der Waals surface area (Å²) in [6, 6.07) is 13.8. The zero-order chi connectivity index (χ0) is 18.8. The largest absolute Gasteiger partial charge is 0.338 e. The van der Waals surface area contributed by atoms with Gasteiger partial charge in [-0.05, 0) is 60.4 Å². The lowest BCUT2D eigenvalue weighted by Crippen LogP contribution is -2.36. The van der Waals surface area contributed by atoms with Gasteiger partial charge in [0.15, 0.2) is 0 Å². The van der Waals surface area contributed by atoms with Crippen LogP contribution in [0.1, 0.15) is 41.3 Å². The molecule has 1 aliphatic heterocycles. The summed E-state index contributed by atoms with van der Waals surface area (Å²) in [5, 5.41) is 3.03. The van der Waals surface area contributed by atoms with Crippen molar-refractivity contribution in [3.63, 3.8) is 0 Å². The first kappa shape index (κ1) is 18.1. The number of fused-ring (bicyclic) bond motifs is 1. The second kappa shape index (κ2) is 7.77. The molecule has 0 unspecified atom stereocenters. The Bertz CT molecular complexity index is 876. The van der Waals surface area contributed by atoms with Crippen molar-refractivity contribution in [3.8, 4) is 0 Å². The number of benzene rings is 2. The fraction of sp³-hybridized carbons (Fsp3) is 0.364. The van der Waals surface area contributed by atoms with Gasteiger partial charge in [-0.25, -0.2) is 0 Å². The summed E-state index contributed by atoms with van der Waals surface area (Å²) in [4.78, 5) is 28.1. The molecule has 0 spiro atoms. The summed E-state index contributed by atoms with van der Waals surface area (Å²) in [6.45, 7) is 3.53. The molecule has 0 bridgehead atoms. The molecule has 0 aromatic heterocycles. The lowest BCUT2D eigenvalue weighted by molar-refractivity contribution is -0.133. The first-order valence-corrected chi connectivity index (χ1v) is 10.6. The van der Waals surface area contributed by atoms with Crippen LogP contribution in [0.25, 0.3) is 0 Å². The Kier molecular flexibility index (Phi) is 5.21. The molecule has 2 aromatic carbocycles. The van der Waals surface area contributed by atoms with Crippen LogP contribution in [0.2, 0.25) is 0 Å². The summed E-state index contributed by atoms with van der Waals surface area (Å²) in [6.07, 6.45) is 2.96. The lowest BCUT2D eigenvalue weighted by Gasteiger charge is -2.29. The van der Waals surface area contributed by atoms with Crippen molar-refractivity contribution in [3.05, 3.63) is 59.2 Å². The van der Waals surface area contributed by atoms with E-state index in [1.54, 1.807) is 11.8 Å².